The number of aromatic amines is 1. The van der Waals surface area contributed by atoms with Crippen LogP contribution in [0, 0.1) is 13.8 Å². The number of nitrogens with one attached hydrogen (secondary N) is 1. The number of ether oxygens (including phenoxy) is 1. The maximum Gasteiger partial charge on any atom is 0.293 e. The standard InChI is InChI=1S/C10H11N3O2S/c1-5-4-16-10(11-5)8-12-6(2)7(15-3)9(14)13-8/h4H,1-3H3,(H,12,13,14). The van der Waals surface area contributed by atoms with Crippen LogP contribution in [0.5, 0.6) is 5.75 Å². The van der Waals surface area contributed by atoms with Crippen LogP contribution < -0.4 is 10.3 Å². The fraction of sp³-hybridized carbons (Fsp3) is 0.300. The Bertz CT molecular complexity index is 574. The van der Waals surface area contributed by atoms with Gasteiger partial charge in [0.25, 0.3) is 5.56 Å². The van der Waals surface area contributed by atoms with Crippen LogP contribution in [0.4, 0.5) is 0 Å². The molecule has 0 spiro atoms. The molecule has 6 heteroatoms. The minimum Gasteiger partial charge on any atom is -0.490 e. The summed E-state index contributed by atoms with van der Waals surface area (Å²) in [4.78, 5) is 22.8. The van der Waals surface area contributed by atoms with Crippen molar-refractivity contribution >= 4 is 11.3 Å². The second-order valence-electron chi connectivity index (χ2n) is 3.33. The van der Waals surface area contributed by atoms with Gasteiger partial charge in [-0.05, 0) is 13.8 Å². The monoisotopic (exact) mass is 237 g/mol. The number of nitrogens with zero attached hydrogens (tertiary/aromatic N) is 2. The molecule has 0 atom stereocenters. The minimum atomic E-state index is -0.280. The third-order valence-electron chi connectivity index (χ3n) is 2.07. The first-order valence-corrected chi connectivity index (χ1v) is 5.57. The Morgan fingerprint density at radius 2 is 2.12 bits per heavy atom. The third kappa shape index (κ3) is 1.83. The average molecular weight is 237 g/mol. The van der Waals surface area contributed by atoms with Crippen LogP contribution in [-0.4, -0.2) is 22.1 Å². The molecule has 0 bridgehead atoms. The third-order valence-corrected chi connectivity index (χ3v) is 3.04. The van der Waals surface area contributed by atoms with E-state index in [1.54, 1.807) is 6.92 Å². The quantitative estimate of drug-likeness (QED) is 0.859. The maximum atomic E-state index is 11.6. The highest BCUT2D eigenvalue weighted by atomic mass is 32.1. The fourth-order valence-corrected chi connectivity index (χ4v) is 2.12. The van der Waals surface area contributed by atoms with Crippen LogP contribution in [0.25, 0.3) is 10.8 Å². The number of aryl methyl sites for hydroxylation is 2. The van der Waals surface area contributed by atoms with Gasteiger partial charge in [-0.15, -0.1) is 11.3 Å². The van der Waals surface area contributed by atoms with E-state index in [4.69, 9.17) is 4.74 Å². The van der Waals surface area contributed by atoms with Crippen LogP contribution in [0.2, 0.25) is 0 Å². The van der Waals surface area contributed by atoms with Gasteiger partial charge in [0, 0.05) is 11.1 Å². The molecule has 84 valence electrons. The van der Waals surface area contributed by atoms with Gasteiger partial charge in [-0.3, -0.25) is 4.79 Å². The van der Waals surface area contributed by atoms with Gasteiger partial charge < -0.3 is 9.72 Å². The molecular weight excluding hydrogens is 226 g/mol. The summed E-state index contributed by atoms with van der Waals surface area (Å²) in [5.41, 5.74) is 1.20. The van der Waals surface area contributed by atoms with E-state index < -0.39 is 0 Å². The zero-order valence-electron chi connectivity index (χ0n) is 9.20. The highest BCUT2D eigenvalue weighted by Crippen LogP contribution is 2.20. The molecule has 0 radical (unpaired) electrons. The van der Waals surface area contributed by atoms with Crippen molar-refractivity contribution in [3.63, 3.8) is 0 Å². The first-order chi connectivity index (χ1) is 7.61. The molecule has 2 rings (SSSR count). The molecular formula is C10H11N3O2S. The van der Waals surface area contributed by atoms with Gasteiger partial charge in [0.15, 0.2) is 10.8 Å². The van der Waals surface area contributed by atoms with Crippen molar-refractivity contribution < 1.29 is 4.74 Å². The highest BCUT2D eigenvalue weighted by molar-refractivity contribution is 7.13. The lowest BCUT2D eigenvalue weighted by Gasteiger charge is -2.03. The van der Waals surface area contributed by atoms with E-state index in [-0.39, 0.29) is 11.3 Å². The van der Waals surface area contributed by atoms with Crippen molar-refractivity contribution in [1.29, 1.82) is 0 Å². The Morgan fingerprint density at radius 3 is 2.62 bits per heavy atom. The van der Waals surface area contributed by atoms with Gasteiger partial charge in [-0.25, -0.2) is 9.97 Å². The summed E-state index contributed by atoms with van der Waals surface area (Å²) in [6, 6.07) is 0. The number of methoxy groups -OCH3 is 1. The number of hydrogen-bond acceptors (Lipinski definition) is 5. The molecule has 0 unspecified atom stereocenters. The highest BCUT2D eigenvalue weighted by Gasteiger charge is 2.11. The second kappa shape index (κ2) is 4.05. The van der Waals surface area contributed by atoms with E-state index in [0.717, 1.165) is 5.69 Å². The molecule has 0 amide bonds. The molecule has 2 aromatic rings. The lowest BCUT2D eigenvalue weighted by atomic mass is 10.4. The van der Waals surface area contributed by atoms with E-state index >= 15 is 0 Å². The molecule has 5 nitrogen and oxygen atoms in total. The Morgan fingerprint density at radius 1 is 1.38 bits per heavy atom. The molecule has 1 N–H and O–H groups in total. The average Bonchev–Trinajstić information content (AvgIpc) is 2.64. The van der Waals surface area contributed by atoms with E-state index in [9.17, 15) is 4.79 Å². The lowest BCUT2D eigenvalue weighted by Crippen LogP contribution is -2.13. The summed E-state index contributed by atoms with van der Waals surface area (Å²) in [5.74, 6) is 0.735. The van der Waals surface area contributed by atoms with Crippen molar-refractivity contribution in [2.24, 2.45) is 0 Å². The predicted molar refractivity (Wildman–Crippen MR) is 62.0 cm³/mol. The first kappa shape index (κ1) is 10.8. The van der Waals surface area contributed by atoms with Gasteiger partial charge in [-0.1, -0.05) is 0 Å². The zero-order chi connectivity index (χ0) is 11.7. The van der Waals surface area contributed by atoms with E-state index in [1.165, 1.54) is 18.4 Å². The molecule has 0 aliphatic heterocycles. The predicted octanol–water partition coefficient (Wildman–Crippen LogP) is 1.52. The summed E-state index contributed by atoms with van der Waals surface area (Å²) in [6.45, 7) is 3.63. The summed E-state index contributed by atoms with van der Waals surface area (Å²) in [5, 5.41) is 2.62. The molecule has 0 saturated carbocycles. The Kier molecular flexibility index (Phi) is 2.74. The Hall–Kier alpha value is -1.69. The van der Waals surface area contributed by atoms with Crippen LogP contribution in [0.3, 0.4) is 0 Å². The topological polar surface area (TPSA) is 67.9 Å². The lowest BCUT2D eigenvalue weighted by molar-refractivity contribution is 0.402. The maximum absolute atomic E-state index is 11.6. The molecule has 16 heavy (non-hydrogen) atoms. The summed E-state index contributed by atoms with van der Waals surface area (Å²) < 4.78 is 4.95. The number of thiazole rings is 1. The second-order valence-corrected chi connectivity index (χ2v) is 4.19. The van der Waals surface area contributed by atoms with Gasteiger partial charge in [0.2, 0.25) is 5.75 Å². The van der Waals surface area contributed by atoms with Crippen LogP contribution >= 0.6 is 11.3 Å². The first-order valence-electron chi connectivity index (χ1n) is 4.69. The van der Waals surface area contributed by atoms with Crippen molar-refractivity contribution in [1.82, 2.24) is 15.0 Å². The Balaban J connectivity index is 2.56. The van der Waals surface area contributed by atoms with Crippen molar-refractivity contribution in [3.8, 4) is 16.6 Å². The zero-order valence-corrected chi connectivity index (χ0v) is 10.0. The molecule has 0 fully saturated rings. The smallest absolute Gasteiger partial charge is 0.293 e. The molecule has 0 aliphatic carbocycles. The fourth-order valence-electron chi connectivity index (χ4n) is 1.38. The summed E-state index contributed by atoms with van der Waals surface area (Å²) >= 11 is 1.45. The number of hydrogen-bond donors (Lipinski definition) is 1. The molecule has 2 aromatic heterocycles. The SMILES string of the molecule is COc1c(C)nc(-c2nc(C)cs2)[nH]c1=O. The number of rotatable bonds is 2. The van der Waals surface area contributed by atoms with Crippen LogP contribution in [0.15, 0.2) is 10.2 Å². The van der Waals surface area contributed by atoms with Crippen molar-refractivity contribution in [2.75, 3.05) is 7.11 Å². The number of H-pyrrole nitrogens is 1. The summed E-state index contributed by atoms with van der Waals surface area (Å²) in [7, 11) is 1.45. The van der Waals surface area contributed by atoms with Gasteiger partial charge in [-0.2, -0.15) is 0 Å². The molecule has 0 aromatic carbocycles. The van der Waals surface area contributed by atoms with E-state index in [0.29, 0.717) is 16.5 Å². The Labute approximate surface area is 96.2 Å². The van der Waals surface area contributed by atoms with Gasteiger partial charge in [0.1, 0.15) is 0 Å². The van der Waals surface area contributed by atoms with Gasteiger partial charge >= 0.3 is 0 Å². The van der Waals surface area contributed by atoms with E-state index in [2.05, 4.69) is 15.0 Å². The number of aromatic nitrogens is 3. The van der Waals surface area contributed by atoms with Crippen LogP contribution in [0.1, 0.15) is 11.4 Å². The minimum absolute atomic E-state index is 0.247. The molecule has 0 saturated heterocycles. The van der Waals surface area contributed by atoms with E-state index in [1.807, 2.05) is 12.3 Å². The normalized spacial score (nSPS) is 10.4. The molecule has 0 aliphatic rings. The van der Waals surface area contributed by atoms with Crippen molar-refractivity contribution in [3.05, 3.63) is 27.1 Å². The summed E-state index contributed by atoms with van der Waals surface area (Å²) in [6.07, 6.45) is 0. The molecule has 2 heterocycles. The van der Waals surface area contributed by atoms with Gasteiger partial charge in [0.05, 0.1) is 12.8 Å². The van der Waals surface area contributed by atoms with Crippen molar-refractivity contribution in [2.45, 2.75) is 13.8 Å². The van der Waals surface area contributed by atoms with Crippen LogP contribution in [-0.2, 0) is 0 Å². The largest absolute Gasteiger partial charge is 0.490 e.